The predicted octanol–water partition coefficient (Wildman–Crippen LogP) is 0.277. The molecule has 1 nitrogen and oxygen atoms in total. The summed E-state index contributed by atoms with van der Waals surface area (Å²) in [5.41, 5.74) is 0. The van der Waals surface area contributed by atoms with E-state index >= 15 is 0 Å². The van der Waals surface area contributed by atoms with Crippen LogP contribution in [0.2, 0.25) is 0 Å². The summed E-state index contributed by atoms with van der Waals surface area (Å²) in [5.74, 6) is 0. The molecule has 1 radical (unpaired) electrons. The van der Waals surface area contributed by atoms with E-state index in [9.17, 15) is 0 Å². The Labute approximate surface area is 63.2 Å². The first-order valence-corrected chi connectivity index (χ1v) is 0.901. The van der Waals surface area contributed by atoms with E-state index < -0.39 is 0 Å². The van der Waals surface area contributed by atoms with E-state index in [1.165, 1.54) is 6.29 Å². The summed E-state index contributed by atoms with van der Waals surface area (Å²) in [6.07, 6.45) is 2.51. The van der Waals surface area contributed by atoms with Gasteiger partial charge in [-0.25, -0.2) is 12.7 Å². The summed E-state index contributed by atoms with van der Waals surface area (Å²) in [6, 6.07) is 0. The van der Waals surface area contributed by atoms with Gasteiger partial charge in [0.2, 0.25) is 0 Å². The normalized spacial score (nSPS) is 3.33. The van der Waals surface area contributed by atoms with E-state index in [1.54, 1.807) is 0 Å². The molecule has 0 aromatic heterocycles. The topological polar surface area (TPSA) is 17.1 Å². The predicted molar refractivity (Wildman–Crippen MR) is 15.9 cm³/mol. The van der Waals surface area contributed by atoms with Gasteiger partial charge in [0.1, 0.15) is 0 Å². The number of rotatable bonds is 1. The van der Waals surface area contributed by atoms with Crippen molar-refractivity contribution in [1.82, 2.24) is 0 Å². The Bertz CT molecular complexity index is 31.8. The maximum Gasteiger partial charge on any atom is 1.00 e. The standard InChI is InChI=1S/C3H3O.Au.Cu/c1-2-3-4;;/h2H,1H2;;/q-1;+1;. The molecule has 6 heavy (non-hydrogen) atoms. The number of hydrogen-bond acceptors (Lipinski definition) is 1. The van der Waals surface area contributed by atoms with Crippen LogP contribution < -0.4 is 0 Å². The summed E-state index contributed by atoms with van der Waals surface area (Å²) < 4.78 is 0. The van der Waals surface area contributed by atoms with Crippen LogP contribution in [0.3, 0.4) is 0 Å². The summed E-state index contributed by atoms with van der Waals surface area (Å²) in [5, 5.41) is 0. The number of carbonyl (C=O) groups excluding carboxylic acids is 1. The van der Waals surface area contributed by atoms with Gasteiger partial charge in [-0.1, -0.05) is 0 Å². The molecule has 0 aliphatic rings. The zero-order chi connectivity index (χ0) is 3.41. The molecular formula is C3H3AuCuO. The molecule has 0 saturated carbocycles. The Kier molecular flexibility index (Phi) is 46.0. The molecule has 3 heteroatoms. The molecule has 0 rings (SSSR count). The third kappa shape index (κ3) is 22.6. The fourth-order valence-corrected chi connectivity index (χ4v) is 0. The van der Waals surface area contributed by atoms with Gasteiger partial charge in [-0.15, -0.1) is 0 Å². The Balaban J connectivity index is -0.0000000450. The summed E-state index contributed by atoms with van der Waals surface area (Å²) in [6.45, 7) is 3.06. The molecule has 0 amide bonds. The van der Waals surface area contributed by atoms with Gasteiger partial charge in [0.15, 0.2) is 0 Å². The van der Waals surface area contributed by atoms with Gasteiger partial charge in [0, 0.05) is 17.1 Å². The van der Waals surface area contributed by atoms with Crippen LogP contribution in [0, 0.1) is 0 Å². The minimum absolute atomic E-state index is 0. The van der Waals surface area contributed by atoms with Gasteiger partial charge < -0.3 is 4.79 Å². The molecule has 43 valence electrons. The Morgan fingerprint density at radius 1 is 1.67 bits per heavy atom. The van der Waals surface area contributed by atoms with Crippen molar-refractivity contribution in [1.29, 1.82) is 0 Å². The van der Waals surface area contributed by atoms with Crippen LogP contribution in [-0.4, -0.2) is 6.29 Å². The van der Waals surface area contributed by atoms with E-state index in [4.69, 9.17) is 4.79 Å². The maximum absolute atomic E-state index is 8.93. The molecule has 0 heterocycles. The van der Waals surface area contributed by atoms with Gasteiger partial charge in [0.05, 0.1) is 0 Å². The zero-order valence-electron chi connectivity index (χ0n) is 2.80. The Morgan fingerprint density at radius 3 is 1.83 bits per heavy atom. The molecule has 0 spiro atoms. The molecule has 0 aliphatic heterocycles. The smallest absolute Gasteiger partial charge is 0.419 e. The van der Waals surface area contributed by atoms with Crippen molar-refractivity contribution in [2.45, 2.75) is 0 Å². The fourth-order valence-electron chi connectivity index (χ4n) is 0. The van der Waals surface area contributed by atoms with Crippen LogP contribution >= 0.6 is 0 Å². The minimum Gasteiger partial charge on any atom is -0.419 e. The van der Waals surface area contributed by atoms with Gasteiger partial charge >= 0.3 is 22.4 Å². The van der Waals surface area contributed by atoms with Crippen LogP contribution in [0.25, 0.3) is 0 Å². The average Bonchev–Trinajstić information content (AvgIpc) is 1.37. The van der Waals surface area contributed by atoms with E-state index in [-0.39, 0.29) is 39.4 Å². The van der Waals surface area contributed by atoms with Crippen molar-refractivity contribution < 1.29 is 44.2 Å². The van der Waals surface area contributed by atoms with Crippen molar-refractivity contribution >= 4 is 6.29 Å². The van der Waals surface area contributed by atoms with Gasteiger partial charge in [-0.05, 0) is 6.29 Å². The van der Waals surface area contributed by atoms with E-state index in [1.807, 2.05) is 0 Å². The maximum atomic E-state index is 8.93. The van der Waals surface area contributed by atoms with E-state index in [2.05, 4.69) is 6.58 Å². The van der Waals surface area contributed by atoms with Crippen LogP contribution in [0.1, 0.15) is 0 Å². The van der Waals surface area contributed by atoms with Crippen LogP contribution in [-0.2, 0) is 44.2 Å². The van der Waals surface area contributed by atoms with E-state index in [0.717, 1.165) is 6.08 Å². The second kappa shape index (κ2) is 17.3. The largest absolute Gasteiger partial charge is 1.00 e. The molecule has 0 bridgehead atoms. The SMILES string of the molecule is C=C[C-]=O.[Au+].[Cu]. The minimum atomic E-state index is 0. The number of hydrogen-bond donors (Lipinski definition) is 0. The molecular weight excluding hydrogens is 313 g/mol. The second-order valence-corrected chi connectivity index (χ2v) is 0.322. The molecule has 0 unspecified atom stereocenters. The van der Waals surface area contributed by atoms with Gasteiger partial charge in [-0.3, -0.25) is 0 Å². The first-order valence-electron chi connectivity index (χ1n) is 0.901. The Morgan fingerprint density at radius 2 is 1.83 bits per heavy atom. The average molecular weight is 316 g/mol. The van der Waals surface area contributed by atoms with Gasteiger partial charge in [-0.2, -0.15) is 0 Å². The fraction of sp³-hybridized carbons (Fsp3) is 0. The molecule has 0 saturated heterocycles. The second-order valence-electron chi connectivity index (χ2n) is 0.322. The molecule has 0 aromatic rings. The molecule has 0 aromatic carbocycles. The first kappa shape index (κ1) is 15.9. The quantitative estimate of drug-likeness (QED) is 0.386. The number of allylic oxidation sites excluding steroid dienone is 1. The molecule has 0 aliphatic carbocycles. The third-order valence-electron chi connectivity index (χ3n) is 0.0833. The van der Waals surface area contributed by atoms with Crippen molar-refractivity contribution in [2.24, 2.45) is 0 Å². The summed E-state index contributed by atoms with van der Waals surface area (Å²) in [7, 11) is 0. The van der Waals surface area contributed by atoms with Crippen LogP contribution in [0.5, 0.6) is 0 Å². The third-order valence-corrected chi connectivity index (χ3v) is 0.0833. The van der Waals surface area contributed by atoms with Crippen LogP contribution in [0.15, 0.2) is 12.7 Å². The van der Waals surface area contributed by atoms with Crippen molar-refractivity contribution in [3.05, 3.63) is 12.7 Å². The molecule has 0 fully saturated rings. The van der Waals surface area contributed by atoms with Crippen LogP contribution in [0.4, 0.5) is 0 Å². The molecule has 0 N–H and O–H groups in total. The monoisotopic (exact) mass is 315 g/mol. The summed E-state index contributed by atoms with van der Waals surface area (Å²) in [4.78, 5) is 8.93. The zero-order valence-corrected chi connectivity index (χ0v) is 5.90. The van der Waals surface area contributed by atoms with E-state index in [0.29, 0.717) is 0 Å². The molecule has 0 atom stereocenters. The summed E-state index contributed by atoms with van der Waals surface area (Å²) >= 11 is 0. The van der Waals surface area contributed by atoms with Crippen molar-refractivity contribution in [3.63, 3.8) is 0 Å². The van der Waals surface area contributed by atoms with Gasteiger partial charge in [0.25, 0.3) is 0 Å². The first-order chi connectivity index (χ1) is 1.91. The van der Waals surface area contributed by atoms with Crippen molar-refractivity contribution in [3.8, 4) is 0 Å². The Hall–Kier alpha value is 0.670. The van der Waals surface area contributed by atoms with Crippen molar-refractivity contribution in [2.75, 3.05) is 0 Å².